The summed E-state index contributed by atoms with van der Waals surface area (Å²) in [7, 11) is -3.58. The second-order valence-corrected chi connectivity index (χ2v) is 6.66. The molecule has 1 aromatic heterocycles. The van der Waals surface area contributed by atoms with E-state index in [0.717, 1.165) is 5.69 Å². The largest absolute Gasteiger partial charge is 0.390 e. The monoisotopic (exact) mass is 287 g/mol. The second-order valence-electron chi connectivity index (χ2n) is 4.98. The molecule has 2 aliphatic rings. The molecular weight excluding hydrogens is 270 g/mol. The van der Waals surface area contributed by atoms with Crippen molar-refractivity contribution in [2.24, 2.45) is 0 Å². The molecule has 2 aliphatic heterocycles. The maximum absolute atomic E-state index is 12.0. The fourth-order valence-corrected chi connectivity index (χ4v) is 3.74. The Labute approximate surface area is 111 Å². The van der Waals surface area contributed by atoms with Gasteiger partial charge in [0.1, 0.15) is 0 Å². The van der Waals surface area contributed by atoms with Gasteiger partial charge in [-0.05, 0) is 6.92 Å². The number of rotatable bonds is 1. The molecule has 0 aliphatic carbocycles. The molecule has 0 amide bonds. The zero-order valence-electron chi connectivity index (χ0n) is 10.6. The number of aromatic nitrogens is 2. The molecule has 0 spiro atoms. The summed E-state index contributed by atoms with van der Waals surface area (Å²) in [5, 5.41) is 17.2. The normalized spacial score (nSPS) is 30.1. The van der Waals surface area contributed by atoms with E-state index in [1.807, 2.05) is 11.6 Å². The number of nitrogens with zero attached hydrogens (tertiary/aromatic N) is 3. The molecular formula is C10H17N5O3S. The molecule has 1 fully saturated rings. The van der Waals surface area contributed by atoms with E-state index in [1.54, 1.807) is 6.20 Å². The van der Waals surface area contributed by atoms with Gasteiger partial charge in [-0.1, -0.05) is 0 Å². The summed E-state index contributed by atoms with van der Waals surface area (Å²) in [4.78, 5) is 0. The molecule has 0 saturated carbocycles. The number of aliphatic hydroxyl groups is 1. The Bertz CT molecular complexity index is 584. The Morgan fingerprint density at radius 3 is 3.05 bits per heavy atom. The lowest BCUT2D eigenvalue weighted by Crippen LogP contribution is -2.54. The van der Waals surface area contributed by atoms with Gasteiger partial charge in [0, 0.05) is 19.1 Å². The molecule has 106 valence electrons. The van der Waals surface area contributed by atoms with Gasteiger partial charge in [-0.25, -0.2) is 0 Å². The van der Waals surface area contributed by atoms with E-state index in [-0.39, 0.29) is 13.1 Å². The number of anilines is 1. The van der Waals surface area contributed by atoms with Gasteiger partial charge in [-0.3, -0.25) is 8.99 Å². The molecule has 1 aromatic rings. The van der Waals surface area contributed by atoms with Crippen molar-refractivity contribution in [1.29, 1.82) is 0 Å². The minimum absolute atomic E-state index is 0.0532. The van der Waals surface area contributed by atoms with Crippen LogP contribution in [0.4, 0.5) is 5.69 Å². The maximum Gasteiger partial charge on any atom is 0.301 e. The van der Waals surface area contributed by atoms with Crippen LogP contribution in [-0.4, -0.2) is 48.5 Å². The summed E-state index contributed by atoms with van der Waals surface area (Å²) in [5.74, 6) is 0. The maximum atomic E-state index is 12.0. The average molecular weight is 287 g/mol. The number of fused-ring (bicyclic) bond motifs is 1. The van der Waals surface area contributed by atoms with Crippen LogP contribution in [0.2, 0.25) is 0 Å². The number of β-amino-alcohol motifs (C(OH)–C–C–N with tert-alkyl or cyclic N) is 1. The molecule has 1 unspecified atom stereocenters. The number of aliphatic hydroxyl groups excluding tert-OH is 1. The third-order valence-corrected chi connectivity index (χ3v) is 4.89. The van der Waals surface area contributed by atoms with E-state index < -0.39 is 16.3 Å². The van der Waals surface area contributed by atoms with Crippen molar-refractivity contribution in [2.75, 3.05) is 17.4 Å². The molecule has 3 N–H and O–H groups in total. The second kappa shape index (κ2) is 4.44. The van der Waals surface area contributed by atoms with Crippen molar-refractivity contribution in [1.82, 2.24) is 19.8 Å². The lowest BCUT2D eigenvalue weighted by molar-refractivity contribution is 0.182. The molecule has 2 atom stereocenters. The minimum atomic E-state index is -3.58. The van der Waals surface area contributed by atoms with Crippen LogP contribution in [-0.2, 0) is 23.3 Å². The zero-order chi connectivity index (χ0) is 13.6. The highest BCUT2D eigenvalue weighted by atomic mass is 32.2. The van der Waals surface area contributed by atoms with Crippen LogP contribution >= 0.6 is 0 Å². The van der Waals surface area contributed by atoms with Gasteiger partial charge in [-0.2, -0.15) is 18.2 Å². The summed E-state index contributed by atoms with van der Waals surface area (Å²) in [6, 6.07) is 0.307. The first kappa shape index (κ1) is 12.9. The standard InChI is InChI=1S/C10H17N5O3S/c1-7-5-14-9(3-11-7)10(4-12-14)15-6-8(16)2-13-19(15,17)18/h4,7-8,11,13,16H,2-3,5-6H2,1H3/t7-,8?/m0/s1. The van der Waals surface area contributed by atoms with Crippen LogP contribution in [0, 0.1) is 0 Å². The van der Waals surface area contributed by atoms with Crippen LogP contribution in [0.15, 0.2) is 6.20 Å². The van der Waals surface area contributed by atoms with Gasteiger partial charge < -0.3 is 10.4 Å². The quantitative estimate of drug-likeness (QED) is 0.577. The van der Waals surface area contributed by atoms with Crippen LogP contribution in [0.25, 0.3) is 0 Å². The van der Waals surface area contributed by atoms with Crippen LogP contribution < -0.4 is 14.3 Å². The van der Waals surface area contributed by atoms with E-state index in [1.165, 1.54) is 4.31 Å². The highest BCUT2D eigenvalue weighted by molar-refractivity contribution is 7.91. The molecule has 0 aromatic carbocycles. The average Bonchev–Trinajstić information content (AvgIpc) is 2.75. The van der Waals surface area contributed by atoms with Gasteiger partial charge in [0.2, 0.25) is 0 Å². The molecule has 8 nitrogen and oxygen atoms in total. The lowest BCUT2D eigenvalue weighted by Gasteiger charge is -2.32. The summed E-state index contributed by atoms with van der Waals surface area (Å²) in [5.41, 5.74) is 1.36. The molecule has 3 rings (SSSR count). The van der Waals surface area contributed by atoms with E-state index in [2.05, 4.69) is 15.1 Å². The third-order valence-electron chi connectivity index (χ3n) is 3.43. The Kier molecular flexibility index (Phi) is 3.01. The summed E-state index contributed by atoms with van der Waals surface area (Å²) >= 11 is 0. The fraction of sp³-hybridized carbons (Fsp3) is 0.700. The first-order valence-corrected chi connectivity index (χ1v) is 7.65. The molecule has 0 bridgehead atoms. The first-order valence-electron chi connectivity index (χ1n) is 6.21. The third kappa shape index (κ3) is 2.22. The number of hydrogen-bond donors (Lipinski definition) is 3. The van der Waals surface area contributed by atoms with Crippen molar-refractivity contribution in [3.8, 4) is 0 Å². The fourth-order valence-electron chi connectivity index (χ4n) is 2.40. The number of nitrogens with one attached hydrogen (secondary N) is 2. The lowest BCUT2D eigenvalue weighted by atomic mass is 10.2. The van der Waals surface area contributed by atoms with Gasteiger partial charge in [0.15, 0.2) is 0 Å². The topological polar surface area (TPSA) is 99.5 Å². The summed E-state index contributed by atoms with van der Waals surface area (Å²) in [6.07, 6.45) is 0.835. The van der Waals surface area contributed by atoms with Crippen molar-refractivity contribution in [2.45, 2.75) is 32.2 Å². The smallest absolute Gasteiger partial charge is 0.301 e. The Morgan fingerprint density at radius 2 is 2.26 bits per heavy atom. The SMILES string of the molecule is C[C@H]1Cn2ncc(N3CC(O)CNS3(=O)=O)c2CN1. The van der Waals surface area contributed by atoms with Crippen molar-refractivity contribution >= 4 is 15.9 Å². The van der Waals surface area contributed by atoms with Gasteiger partial charge in [-0.15, -0.1) is 0 Å². The van der Waals surface area contributed by atoms with Crippen molar-refractivity contribution in [3.63, 3.8) is 0 Å². The zero-order valence-corrected chi connectivity index (χ0v) is 11.4. The first-order chi connectivity index (χ1) is 8.97. The van der Waals surface area contributed by atoms with E-state index in [9.17, 15) is 13.5 Å². The molecule has 0 radical (unpaired) electrons. The van der Waals surface area contributed by atoms with Crippen LogP contribution in [0.5, 0.6) is 0 Å². The van der Waals surface area contributed by atoms with E-state index >= 15 is 0 Å². The minimum Gasteiger partial charge on any atom is -0.390 e. The van der Waals surface area contributed by atoms with Gasteiger partial charge >= 0.3 is 10.2 Å². The van der Waals surface area contributed by atoms with E-state index in [0.29, 0.717) is 24.8 Å². The molecule has 3 heterocycles. The number of hydrogen-bond acceptors (Lipinski definition) is 5. The highest BCUT2D eigenvalue weighted by Gasteiger charge is 2.34. The Balaban J connectivity index is 1.98. The van der Waals surface area contributed by atoms with Crippen molar-refractivity contribution < 1.29 is 13.5 Å². The van der Waals surface area contributed by atoms with Gasteiger partial charge in [0.05, 0.1) is 36.8 Å². The molecule has 1 saturated heterocycles. The Hall–Kier alpha value is -1.16. The predicted molar refractivity (Wildman–Crippen MR) is 68.8 cm³/mol. The Morgan fingerprint density at radius 1 is 1.47 bits per heavy atom. The highest BCUT2D eigenvalue weighted by Crippen LogP contribution is 2.26. The summed E-state index contributed by atoms with van der Waals surface area (Å²) in [6.45, 7) is 3.44. The van der Waals surface area contributed by atoms with Gasteiger partial charge in [0.25, 0.3) is 0 Å². The van der Waals surface area contributed by atoms with E-state index in [4.69, 9.17) is 0 Å². The van der Waals surface area contributed by atoms with Crippen LogP contribution in [0.1, 0.15) is 12.6 Å². The van der Waals surface area contributed by atoms with Crippen molar-refractivity contribution in [3.05, 3.63) is 11.9 Å². The van der Waals surface area contributed by atoms with Crippen LogP contribution in [0.3, 0.4) is 0 Å². The molecule has 9 heteroatoms. The molecule has 19 heavy (non-hydrogen) atoms. The summed E-state index contributed by atoms with van der Waals surface area (Å²) < 4.78 is 29.4. The predicted octanol–water partition coefficient (Wildman–Crippen LogP) is -1.61.